The maximum atomic E-state index is 13.5. The van der Waals surface area contributed by atoms with Crippen LogP contribution in [0.2, 0.25) is 0 Å². The second-order valence-electron chi connectivity index (χ2n) is 8.46. The van der Waals surface area contributed by atoms with Gasteiger partial charge in [0.15, 0.2) is 11.3 Å². The van der Waals surface area contributed by atoms with Crippen LogP contribution in [0.1, 0.15) is 31.8 Å². The highest BCUT2D eigenvalue weighted by Gasteiger charge is 2.34. The molecule has 1 unspecified atom stereocenters. The Morgan fingerprint density at radius 2 is 2.03 bits per heavy atom. The molecular weight excluding hydrogens is 458 g/mol. The molecule has 0 spiro atoms. The van der Waals surface area contributed by atoms with Crippen molar-refractivity contribution in [3.8, 4) is 17.1 Å². The number of rotatable bonds is 7. The molecule has 0 saturated carbocycles. The van der Waals surface area contributed by atoms with E-state index in [9.17, 15) is 13.2 Å². The molecular formula is C22H31N7O4S. The predicted molar refractivity (Wildman–Crippen MR) is 128 cm³/mol. The van der Waals surface area contributed by atoms with E-state index in [1.807, 2.05) is 25.8 Å². The van der Waals surface area contributed by atoms with E-state index in [-0.39, 0.29) is 22.8 Å². The number of nitrogens with zero attached hydrogens (tertiary/aromatic N) is 5. The Morgan fingerprint density at radius 3 is 2.71 bits per heavy atom. The fourth-order valence-corrected chi connectivity index (χ4v) is 5.77. The minimum Gasteiger partial charge on any atom is -0.493 e. The van der Waals surface area contributed by atoms with Gasteiger partial charge in [0.2, 0.25) is 10.0 Å². The summed E-state index contributed by atoms with van der Waals surface area (Å²) in [7, 11) is -1.97. The number of H-pyrrole nitrogens is 1. The lowest BCUT2D eigenvalue weighted by Gasteiger charge is -2.36. The van der Waals surface area contributed by atoms with E-state index in [1.54, 1.807) is 17.5 Å². The predicted octanol–water partition coefficient (Wildman–Crippen LogP) is 0.965. The van der Waals surface area contributed by atoms with E-state index >= 15 is 0 Å². The first-order valence-electron chi connectivity index (χ1n) is 11.4. The lowest BCUT2D eigenvalue weighted by molar-refractivity contribution is 0.163. The summed E-state index contributed by atoms with van der Waals surface area (Å²) in [6.45, 7) is 7.30. The second-order valence-corrected chi connectivity index (χ2v) is 10.4. The summed E-state index contributed by atoms with van der Waals surface area (Å²) in [6.07, 6.45) is 0.836. The Kier molecular flexibility index (Phi) is 6.76. The van der Waals surface area contributed by atoms with Crippen molar-refractivity contribution in [1.82, 2.24) is 28.8 Å². The first-order chi connectivity index (χ1) is 16.2. The number of hydrogen-bond donors (Lipinski definition) is 2. The van der Waals surface area contributed by atoms with Crippen LogP contribution in [0.3, 0.4) is 0 Å². The molecule has 1 aliphatic heterocycles. The van der Waals surface area contributed by atoms with Crippen LogP contribution in [0.25, 0.3) is 16.9 Å². The number of aryl methyl sites for hydroxylation is 2. The number of aromatic amines is 1. The Labute approximate surface area is 198 Å². The van der Waals surface area contributed by atoms with Crippen molar-refractivity contribution >= 4 is 15.5 Å². The van der Waals surface area contributed by atoms with Crippen molar-refractivity contribution < 1.29 is 13.2 Å². The molecule has 2 aromatic heterocycles. The summed E-state index contributed by atoms with van der Waals surface area (Å²) < 4.78 is 35.5. The number of fused-ring (bicyclic) bond motifs is 1. The molecule has 0 amide bonds. The van der Waals surface area contributed by atoms with Gasteiger partial charge < -0.3 is 20.4 Å². The number of aromatic nitrogens is 4. The van der Waals surface area contributed by atoms with Gasteiger partial charge in [0.1, 0.15) is 11.6 Å². The smallest absolute Gasteiger partial charge is 0.277 e. The van der Waals surface area contributed by atoms with Crippen molar-refractivity contribution in [2.75, 3.05) is 33.3 Å². The zero-order chi connectivity index (χ0) is 24.6. The second kappa shape index (κ2) is 9.45. The zero-order valence-electron chi connectivity index (χ0n) is 19.9. The summed E-state index contributed by atoms with van der Waals surface area (Å²) in [5, 5.41) is 4.63. The van der Waals surface area contributed by atoms with E-state index in [1.165, 1.54) is 16.4 Å². The van der Waals surface area contributed by atoms with Gasteiger partial charge in [-0.15, -0.1) is 5.10 Å². The van der Waals surface area contributed by atoms with Gasteiger partial charge in [-0.3, -0.25) is 4.79 Å². The molecule has 0 bridgehead atoms. The molecule has 1 atom stereocenters. The highest BCUT2D eigenvalue weighted by atomic mass is 32.2. The summed E-state index contributed by atoms with van der Waals surface area (Å²) in [5.41, 5.74) is 7.14. The maximum Gasteiger partial charge on any atom is 0.277 e. The molecule has 4 rings (SSSR count). The molecule has 3 N–H and O–H groups in total. The average molecular weight is 490 g/mol. The van der Waals surface area contributed by atoms with Crippen molar-refractivity contribution in [2.45, 2.75) is 44.7 Å². The van der Waals surface area contributed by atoms with Gasteiger partial charge in [0.25, 0.3) is 5.56 Å². The van der Waals surface area contributed by atoms with Gasteiger partial charge in [-0.2, -0.15) is 4.31 Å². The van der Waals surface area contributed by atoms with E-state index in [2.05, 4.69) is 15.1 Å². The Morgan fingerprint density at radius 1 is 1.26 bits per heavy atom. The fourth-order valence-electron chi connectivity index (χ4n) is 4.25. The summed E-state index contributed by atoms with van der Waals surface area (Å²) >= 11 is 0. The lowest BCUT2D eigenvalue weighted by atomic mass is 10.2. The SMILES string of the molecule is CCCc1nc(C)c2c(=O)[nH]c(-c3cc(S(=O)(=O)N4CCN(C)CC4N)ccc3OCC)nn12. The van der Waals surface area contributed by atoms with Gasteiger partial charge in [0.05, 0.1) is 28.9 Å². The zero-order valence-corrected chi connectivity index (χ0v) is 20.7. The van der Waals surface area contributed by atoms with E-state index < -0.39 is 16.2 Å². The third kappa shape index (κ3) is 4.33. The Bertz CT molecular complexity index is 1370. The molecule has 1 aliphatic rings. The van der Waals surface area contributed by atoms with Crippen LogP contribution < -0.4 is 16.0 Å². The van der Waals surface area contributed by atoms with E-state index in [0.29, 0.717) is 54.5 Å². The maximum absolute atomic E-state index is 13.5. The van der Waals surface area contributed by atoms with Crippen LogP contribution >= 0.6 is 0 Å². The number of hydrogen-bond acceptors (Lipinski definition) is 8. The third-order valence-corrected chi connectivity index (χ3v) is 7.82. The van der Waals surface area contributed by atoms with Crippen LogP contribution in [-0.2, 0) is 16.4 Å². The number of ether oxygens (including phenoxy) is 1. The van der Waals surface area contributed by atoms with Gasteiger partial charge in [-0.25, -0.2) is 17.9 Å². The number of piperazine rings is 1. The van der Waals surface area contributed by atoms with Crippen molar-refractivity contribution in [3.05, 3.63) is 40.1 Å². The molecule has 1 saturated heterocycles. The largest absolute Gasteiger partial charge is 0.493 e. The van der Waals surface area contributed by atoms with Gasteiger partial charge >= 0.3 is 0 Å². The minimum absolute atomic E-state index is 0.0595. The number of nitrogens with two attached hydrogens (primary N) is 1. The van der Waals surface area contributed by atoms with Gasteiger partial charge in [-0.1, -0.05) is 6.92 Å². The van der Waals surface area contributed by atoms with Crippen LogP contribution in [-0.4, -0.2) is 76.7 Å². The molecule has 1 fully saturated rings. The van der Waals surface area contributed by atoms with Gasteiger partial charge in [-0.05, 0) is 45.5 Å². The lowest BCUT2D eigenvalue weighted by Crippen LogP contribution is -2.57. The molecule has 184 valence electrons. The fraction of sp³-hybridized carbons (Fsp3) is 0.500. The highest BCUT2D eigenvalue weighted by molar-refractivity contribution is 7.89. The van der Waals surface area contributed by atoms with Crippen LogP contribution in [0.15, 0.2) is 27.9 Å². The Balaban J connectivity index is 1.86. The monoisotopic (exact) mass is 489 g/mol. The molecule has 34 heavy (non-hydrogen) atoms. The minimum atomic E-state index is -3.87. The van der Waals surface area contributed by atoms with E-state index in [4.69, 9.17) is 10.5 Å². The average Bonchev–Trinajstić information content (AvgIpc) is 3.09. The molecule has 1 aromatic carbocycles. The molecule has 12 heteroatoms. The molecule has 3 heterocycles. The first-order valence-corrected chi connectivity index (χ1v) is 12.8. The molecule has 11 nitrogen and oxygen atoms in total. The normalized spacial score (nSPS) is 18.0. The van der Waals surface area contributed by atoms with Crippen molar-refractivity contribution in [1.29, 1.82) is 0 Å². The van der Waals surface area contributed by atoms with Gasteiger partial charge in [0, 0.05) is 26.1 Å². The quantitative estimate of drug-likeness (QED) is 0.500. The summed E-state index contributed by atoms with van der Waals surface area (Å²) in [4.78, 5) is 22.3. The number of likely N-dealkylation sites (N-methyl/N-ethyl adjacent to an activating group) is 1. The number of imidazole rings is 1. The molecule has 0 aliphatic carbocycles. The summed E-state index contributed by atoms with van der Waals surface area (Å²) in [5.74, 6) is 1.29. The number of nitrogens with one attached hydrogen (secondary N) is 1. The summed E-state index contributed by atoms with van der Waals surface area (Å²) in [6, 6.07) is 4.57. The number of benzene rings is 1. The topological polar surface area (TPSA) is 139 Å². The number of sulfonamides is 1. The highest BCUT2D eigenvalue weighted by Crippen LogP contribution is 2.32. The van der Waals surface area contributed by atoms with Crippen molar-refractivity contribution in [2.24, 2.45) is 5.73 Å². The van der Waals surface area contributed by atoms with E-state index in [0.717, 1.165) is 6.42 Å². The van der Waals surface area contributed by atoms with Crippen molar-refractivity contribution in [3.63, 3.8) is 0 Å². The Hall–Kier alpha value is -2.80. The molecule has 3 aromatic rings. The van der Waals surface area contributed by atoms with Crippen LogP contribution in [0.5, 0.6) is 5.75 Å². The van der Waals surface area contributed by atoms with Crippen LogP contribution in [0, 0.1) is 6.92 Å². The first kappa shape index (κ1) is 24.3. The van der Waals surface area contributed by atoms with Crippen LogP contribution in [0.4, 0.5) is 0 Å². The third-order valence-electron chi connectivity index (χ3n) is 5.90. The molecule has 0 radical (unpaired) electrons. The standard InChI is InChI=1S/C22H31N7O4S/c1-5-7-19-24-14(3)20-22(30)25-21(26-29(19)20)16-12-15(8-9-17(16)33-6-2)34(31,32)28-11-10-27(4)13-18(28)23/h8-9,12,18H,5-7,10-11,13,23H2,1-4H3,(H,25,26,30).